The predicted octanol–water partition coefficient (Wildman–Crippen LogP) is 3.94. The second-order valence-electron chi connectivity index (χ2n) is 5.69. The monoisotopic (exact) mass is 324 g/mol. The molecule has 1 aliphatic rings. The summed E-state index contributed by atoms with van der Waals surface area (Å²) in [4.78, 5) is 12.1. The van der Waals surface area contributed by atoms with Crippen molar-refractivity contribution in [2.24, 2.45) is 0 Å². The number of carbonyl (C=O) groups is 1. The molecule has 0 amide bonds. The first-order valence-corrected chi connectivity index (χ1v) is 8.37. The van der Waals surface area contributed by atoms with Crippen LogP contribution in [0.1, 0.15) is 45.4 Å². The third-order valence-corrected chi connectivity index (χ3v) is 4.48. The molecule has 1 N–H and O–H groups in total. The van der Waals surface area contributed by atoms with Gasteiger partial charge in [0.05, 0.1) is 12.7 Å². The Kier molecular flexibility index (Phi) is 6.15. The number of carboxylic acids is 1. The number of carboxylic acid groups (broad SMARTS) is 1. The highest BCUT2D eigenvalue weighted by atomic mass is 32.1. The molecule has 5 heteroatoms. The number of thiol groups is 1. The quantitative estimate of drug-likeness (QED) is 0.389. The van der Waals surface area contributed by atoms with Gasteiger partial charge in [0, 0.05) is 4.90 Å². The van der Waals surface area contributed by atoms with E-state index < -0.39 is 11.6 Å². The Labute approximate surface area is 137 Å². The summed E-state index contributed by atoms with van der Waals surface area (Å²) in [6.45, 7) is 2.63. The highest BCUT2D eigenvalue weighted by molar-refractivity contribution is 7.80. The van der Waals surface area contributed by atoms with Gasteiger partial charge in [-0.3, -0.25) is 0 Å². The lowest BCUT2D eigenvalue weighted by atomic mass is 9.96. The van der Waals surface area contributed by atoms with Crippen LogP contribution in [0.3, 0.4) is 0 Å². The van der Waals surface area contributed by atoms with Crippen LogP contribution >= 0.6 is 12.6 Å². The number of benzene rings is 1. The van der Waals surface area contributed by atoms with Gasteiger partial charge in [-0.15, -0.1) is 12.6 Å². The van der Waals surface area contributed by atoms with E-state index in [-0.39, 0.29) is 6.10 Å². The molecule has 2 rings (SSSR count). The average molecular weight is 324 g/mol. The molecule has 4 nitrogen and oxygen atoms in total. The molecule has 2 unspecified atom stereocenters. The minimum Gasteiger partial charge on any atom is -0.492 e. The Morgan fingerprint density at radius 2 is 2.05 bits per heavy atom. The van der Waals surface area contributed by atoms with Gasteiger partial charge >= 0.3 is 5.97 Å². The molecule has 1 saturated heterocycles. The Morgan fingerprint density at radius 1 is 1.32 bits per heavy atom. The number of ether oxygens (including phenoxy) is 2. The van der Waals surface area contributed by atoms with Crippen LogP contribution in [-0.4, -0.2) is 29.4 Å². The van der Waals surface area contributed by atoms with Gasteiger partial charge in [-0.05, 0) is 37.8 Å². The maximum atomic E-state index is 11.3. The van der Waals surface area contributed by atoms with Crippen LogP contribution in [0.2, 0.25) is 0 Å². The van der Waals surface area contributed by atoms with E-state index in [1.54, 1.807) is 0 Å². The molecule has 122 valence electrons. The summed E-state index contributed by atoms with van der Waals surface area (Å²) in [5.74, 6) is 0.000834. The molecule has 1 fully saturated rings. The Hall–Kier alpha value is -1.20. The van der Waals surface area contributed by atoms with Crippen molar-refractivity contribution in [2.45, 2.75) is 62.0 Å². The van der Waals surface area contributed by atoms with E-state index in [1.807, 2.05) is 31.2 Å². The maximum absolute atomic E-state index is 11.3. The van der Waals surface area contributed by atoms with Crippen molar-refractivity contribution < 1.29 is 19.4 Å². The highest BCUT2D eigenvalue weighted by Crippen LogP contribution is 2.43. The molecule has 0 aromatic heterocycles. The van der Waals surface area contributed by atoms with Gasteiger partial charge in [-0.25, -0.2) is 4.79 Å². The number of rotatable bonds is 10. The summed E-state index contributed by atoms with van der Waals surface area (Å²) in [5, 5.41) is 9.25. The van der Waals surface area contributed by atoms with Gasteiger partial charge in [0.15, 0.2) is 5.60 Å². The molecule has 1 aliphatic heterocycles. The number of para-hydroxylation sites is 1. The van der Waals surface area contributed by atoms with E-state index in [4.69, 9.17) is 9.47 Å². The summed E-state index contributed by atoms with van der Waals surface area (Å²) >= 11 is 4.34. The van der Waals surface area contributed by atoms with Crippen molar-refractivity contribution in [3.8, 4) is 5.75 Å². The van der Waals surface area contributed by atoms with E-state index >= 15 is 0 Å². The number of hydrogen-bond acceptors (Lipinski definition) is 4. The van der Waals surface area contributed by atoms with E-state index in [0.29, 0.717) is 13.0 Å². The van der Waals surface area contributed by atoms with Gasteiger partial charge in [-0.1, -0.05) is 31.9 Å². The standard InChI is InChI=1S/C17H24O4S/c1-2-15-17(21-15,16(18)19)11-7-3-4-8-12-20-13-9-5-6-10-14(13)22/h5-6,9-10,15,22H,2-4,7-8,11-12H2,1H3,(H,18,19). The van der Waals surface area contributed by atoms with E-state index in [1.165, 1.54) is 0 Å². The average Bonchev–Trinajstić information content (AvgIpc) is 3.23. The fourth-order valence-electron chi connectivity index (χ4n) is 2.75. The van der Waals surface area contributed by atoms with Crippen LogP contribution in [0.5, 0.6) is 5.75 Å². The minimum absolute atomic E-state index is 0.0970. The summed E-state index contributed by atoms with van der Waals surface area (Å²) in [5.41, 5.74) is -0.893. The van der Waals surface area contributed by atoms with Crippen LogP contribution in [0.4, 0.5) is 0 Å². The van der Waals surface area contributed by atoms with Crippen molar-refractivity contribution >= 4 is 18.6 Å². The Bertz CT molecular complexity index is 505. The lowest BCUT2D eigenvalue weighted by molar-refractivity contribution is -0.143. The number of aliphatic carboxylic acids is 1. The largest absolute Gasteiger partial charge is 0.492 e. The molecular weight excluding hydrogens is 300 g/mol. The molecule has 1 aromatic rings. The maximum Gasteiger partial charge on any atom is 0.338 e. The van der Waals surface area contributed by atoms with Gasteiger partial charge in [0.25, 0.3) is 0 Å². The van der Waals surface area contributed by atoms with Gasteiger partial charge < -0.3 is 14.6 Å². The summed E-state index contributed by atoms with van der Waals surface area (Å²) in [6, 6.07) is 7.68. The van der Waals surface area contributed by atoms with Crippen molar-refractivity contribution in [2.75, 3.05) is 6.61 Å². The first kappa shape index (κ1) is 17.2. The predicted molar refractivity (Wildman–Crippen MR) is 87.8 cm³/mol. The van der Waals surface area contributed by atoms with Crippen molar-refractivity contribution in [1.29, 1.82) is 0 Å². The van der Waals surface area contributed by atoms with Gasteiger partial charge in [0.1, 0.15) is 5.75 Å². The first-order chi connectivity index (χ1) is 10.6. The van der Waals surface area contributed by atoms with Crippen molar-refractivity contribution in [3.05, 3.63) is 24.3 Å². The Morgan fingerprint density at radius 3 is 2.68 bits per heavy atom. The van der Waals surface area contributed by atoms with Crippen LogP contribution in [0, 0.1) is 0 Å². The van der Waals surface area contributed by atoms with E-state index in [2.05, 4.69) is 12.6 Å². The van der Waals surface area contributed by atoms with E-state index in [0.717, 1.165) is 42.7 Å². The smallest absolute Gasteiger partial charge is 0.338 e. The zero-order valence-corrected chi connectivity index (χ0v) is 13.9. The molecule has 0 radical (unpaired) electrons. The van der Waals surface area contributed by atoms with E-state index in [9.17, 15) is 9.90 Å². The number of unbranched alkanes of at least 4 members (excludes halogenated alkanes) is 3. The fraction of sp³-hybridized carbons (Fsp3) is 0.588. The van der Waals surface area contributed by atoms with Crippen molar-refractivity contribution in [3.63, 3.8) is 0 Å². The van der Waals surface area contributed by atoms with Crippen molar-refractivity contribution in [1.82, 2.24) is 0 Å². The second kappa shape index (κ2) is 7.88. The normalized spacial score (nSPS) is 23.3. The van der Waals surface area contributed by atoms with Gasteiger partial charge in [-0.2, -0.15) is 0 Å². The summed E-state index contributed by atoms with van der Waals surface area (Å²) < 4.78 is 11.1. The molecule has 0 saturated carbocycles. The van der Waals surface area contributed by atoms with Crippen LogP contribution in [0.15, 0.2) is 29.2 Å². The minimum atomic E-state index is -0.893. The number of hydrogen-bond donors (Lipinski definition) is 2. The SMILES string of the molecule is CCC1OC1(CCCCCCOc1ccccc1S)C(=O)O. The number of epoxide rings is 1. The fourth-order valence-corrected chi connectivity index (χ4v) is 2.98. The van der Waals surface area contributed by atoms with Gasteiger partial charge in [0.2, 0.25) is 0 Å². The highest BCUT2D eigenvalue weighted by Gasteiger charge is 2.61. The lowest BCUT2D eigenvalue weighted by Gasteiger charge is -2.09. The third-order valence-electron chi connectivity index (χ3n) is 4.11. The molecule has 1 aromatic carbocycles. The molecule has 0 spiro atoms. The molecule has 0 bridgehead atoms. The molecular formula is C17H24O4S. The zero-order chi connectivity index (χ0) is 16.0. The molecule has 1 heterocycles. The first-order valence-electron chi connectivity index (χ1n) is 7.92. The molecule has 2 atom stereocenters. The molecule has 0 aliphatic carbocycles. The Balaban J connectivity index is 1.57. The third kappa shape index (κ3) is 4.17. The zero-order valence-electron chi connectivity index (χ0n) is 13.0. The summed E-state index contributed by atoms with van der Waals surface area (Å²) in [7, 11) is 0. The topological polar surface area (TPSA) is 59.1 Å². The van der Waals surface area contributed by atoms with Crippen LogP contribution in [-0.2, 0) is 9.53 Å². The van der Waals surface area contributed by atoms with Crippen LogP contribution in [0.25, 0.3) is 0 Å². The summed E-state index contributed by atoms with van der Waals surface area (Å²) in [6.07, 6.45) is 5.15. The van der Waals surface area contributed by atoms with Crippen LogP contribution < -0.4 is 4.74 Å². The lowest BCUT2D eigenvalue weighted by Crippen LogP contribution is -2.26. The second-order valence-corrected chi connectivity index (χ2v) is 6.17. The molecule has 22 heavy (non-hydrogen) atoms.